The van der Waals surface area contributed by atoms with E-state index in [0.717, 1.165) is 24.0 Å². The summed E-state index contributed by atoms with van der Waals surface area (Å²) in [6.07, 6.45) is 31.9. The summed E-state index contributed by atoms with van der Waals surface area (Å²) in [4.78, 5) is 5.86. The predicted molar refractivity (Wildman–Crippen MR) is 264 cm³/mol. The number of hydrogen-bond donors (Lipinski definition) is 0. The third kappa shape index (κ3) is 10.9. The molecule has 0 N–H and O–H groups in total. The van der Waals surface area contributed by atoms with Crippen LogP contribution in [0, 0.1) is 0 Å². The molecule has 3 aromatic carbocycles. The van der Waals surface area contributed by atoms with E-state index < -0.39 is 0 Å². The number of aryl methyl sites for hydroxylation is 1. The molecule has 0 unspecified atom stereocenters. The highest BCUT2D eigenvalue weighted by molar-refractivity contribution is 7.19. The van der Waals surface area contributed by atoms with Crippen LogP contribution >= 0.6 is 22.7 Å². The summed E-state index contributed by atoms with van der Waals surface area (Å²) in [5, 5.41) is 12.6. The van der Waals surface area contributed by atoms with Crippen molar-refractivity contribution in [3.63, 3.8) is 0 Å². The molecule has 0 radical (unpaired) electrons. The van der Waals surface area contributed by atoms with Crippen LogP contribution in [0.2, 0.25) is 0 Å². The minimum Gasteiger partial charge on any atom is -0.184 e. The van der Waals surface area contributed by atoms with Gasteiger partial charge >= 0.3 is 0 Å². The molecule has 1 aliphatic rings. The van der Waals surface area contributed by atoms with Crippen LogP contribution in [0.3, 0.4) is 0 Å². The lowest BCUT2D eigenvalue weighted by atomic mass is 9.70. The Balaban J connectivity index is 1.13. The van der Waals surface area contributed by atoms with Gasteiger partial charge in [-0.1, -0.05) is 210 Å². The zero-order chi connectivity index (χ0) is 41.4. The second-order valence-electron chi connectivity index (χ2n) is 17.9. The molecular weight excluding hydrogens is 767 g/mol. The molecule has 3 nitrogen and oxygen atoms in total. The highest BCUT2D eigenvalue weighted by Gasteiger charge is 2.42. The van der Waals surface area contributed by atoms with Crippen LogP contribution in [-0.4, -0.2) is 15.0 Å². The van der Waals surface area contributed by atoms with Crippen molar-refractivity contribution < 1.29 is 0 Å². The van der Waals surface area contributed by atoms with Crippen molar-refractivity contribution in [2.45, 2.75) is 187 Å². The molecule has 0 amide bonds. The Hall–Kier alpha value is -3.54. The zero-order valence-corrected chi connectivity index (χ0v) is 39.1. The monoisotopic (exact) mass is 840 g/mol. The van der Waals surface area contributed by atoms with Gasteiger partial charge in [-0.05, 0) is 76.7 Å². The number of nitrogens with zero attached hydrogens (tertiary/aromatic N) is 3. The van der Waals surface area contributed by atoms with Crippen molar-refractivity contribution in [2.24, 2.45) is 0 Å². The first-order chi connectivity index (χ1) is 29.7. The van der Waals surface area contributed by atoms with Gasteiger partial charge in [-0.2, -0.15) is 15.0 Å². The van der Waals surface area contributed by atoms with E-state index in [1.807, 2.05) is 16.1 Å². The molecule has 0 atom stereocenters. The van der Waals surface area contributed by atoms with Gasteiger partial charge in [-0.3, -0.25) is 0 Å². The summed E-state index contributed by atoms with van der Waals surface area (Å²) in [6.45, 7) is 7.82. The Kier molecular flexibility index (Phi) is 17.1. The Labute approximate surface area is 371 Å². The number of hydrogen-bond acceptors (Lipinski definition) is 4. The Morgan fingerprint density at radius 1 is 0.450 bits per heavy atom. The highest BCUT2D eigenvalue weighted by Crippen LogP contribution is 2.55. The summed E-state index contributed by atoms with van der Waals surface area (Å²) in [7, 11) is 0. The third-order valence-electron chi connectivity index (χ3n) is 13.4. The standard InChI is InChI=1S/C55H73N3S2/c1-4-7-10-13-16-17-18-19-22-27-40-58-56-53-46(51-31-28-41-59-51)34-35-47(54(53)57-58)52-37-36-50(60-52)43-32-33-45-44-29-23-24-30-48(44)55(49(45)42-43,38-25-20-14-11-8-5-2)39-26-21-15-12-9-6-3/h23-24,28-37,41-42H,4-22,25-27,38-40H2,1-3H3. The number of benzene rings is 3. The fourth-order valence-electron chi connectivity index (χ4n) is 10.0. The lowest BCUT2D eigenvalue weighted by Gasteiger charge is -2.33. The summed E-state index contributed by atoms with van der Waals surface area (Å²) >= 11 is 3.70. The first-order valence-corrected chi connectivity index (χ1v) is 26.1. The maximum atomic E-state index is 5.23. The second-order valence-corrected chi connectivity index (χ2v) is 19.9. The van der Waals surface area contributed by atoms with E-state index in [2.05, 4.69) is 105 Å². The third-order valence-corrected chi connectivity index (χ3v) is 15.5. The summed E-state index contributed by atoms with van der Waals surface area (Å²) in [5.74, 6) is 0. The van der Waals surface area contributed by atoms with Gasteiger partial charge in [-0.25, -0.2) is 0 Å². The fraction of sp³-hybridized carbons (Fsp3) is 0.527. The fourth-order valence-corrected chi connectivity index (χ4v) is 11.8. The number of rotatable bonds is 28. The topological polar surface area (TPSA) is 30.7 Å². The lowest BCUT2D eigenvalue weighted by molar-refractivity contribution is 0.398. The first-order valence-electron chi connectivity index (χ1n) is 24.4. The van der Waals surface area contributed by atoms with E-state index in [0.29, 0.717) is 0 Å². The molecule has 7 rings (SSSR count). The van der Waals surface area contributed by atoms with E-state index in [1.165, 1.54) is 190 Å². The molecule has 0 saturated heterocycles. The molecule has 320 valence electrons. The second kappa shape index (κ2) is 23.1. The van der Waals surface area contributed by atoms with Gasteiger partial charge in [0.1, 0.15) is 11.0 Å². The van der Waals surface area contributed by atoms with Gasteiger partial charge in [0.05, 0.1) is 6.54 Å². The van der Waals surface area contributed by atoms with E-state index in [4.69, 9.17) is 10.2 Å². The summed E-state index contributed by atoms with van der Waals surface area (Å²) in [6, 6.07) is 30.5. The number of fused-ring (bicyclic) bond motifs is 4. The van der Waals surface area contributed by atoms with Gasteiger partial charge < -0.3 is 0 Å². The van der Waals surface area contributed by atoms with Gasteiger partial charge in [0.2, 0.25) is 0 Å². The molecule has 60 heavy (non-hydrogen) atoms. The van der Waals surface area contributed by atoms with Gasteiger partial charge in [0, 0.05) is 31.2 Å². The van der Waals surface area contributed by atoms with Crippen LogP contribution < -0.4 is 0 Å². The van der Waals surface area contributed by atoms with Gasteiger partial charge in [0.15, 0.2) is 0 Å². The van der Waals surface area contributed by atoms with Crippen molar-refractivity contribution in [1.29, 1.82) is 0 Å². The average molecular weight is 840 g/mol. The lowest BCUT2D eigenvalue weighted by Crippen LogP contribution is -2.25. The van der Waals surface area contributed by atoms with Crippen LogP contribution in [0.1, 0.15) is 186 Å². The Morgan fingerprint density at radius 3 is 1.57 bits per heavy atom. The molecule has 1 aliphatic carbocycles. The zero-order valence-electron chi connectivity index (χ0n) is 37.4. The number of unbranched alkanes of at least 4 members (excludes halogenated alkanes) is 19. The van der Waals surface area contributed by atoms with E-state index in [9.17, 15) is 0 Å². The first kappa shape index (κ1) is 44.5. The average Bonchev–Trinajstić information content (AvgIpc) is 4.11. The van der Waals surface area contributed by atoms with Crippen molar-refractivity contribution in [3.05, 3.63) is 95.4 Å². The number of thiophene rings is 2. The molecule has 6 aromatic rings. The SMILES string of the molecule is CCCCCCCCCCCCn1nc2c(-c3cccs3)ccc(-c3ccc(-c4ccc5c(c4)C(CCCCCCCC)(CCCCCCCC)c4ccccc4-5)s3)c2n1. The predicted octanol–water partition coefficient (Wildman–Crippen LogP) is 18.2. The van der Waals surface area contributed by atoms with Crippen LogP contribution in [-0.2, 0) is 12.0 Å². The van der Waals surface area contributed by atoms with Gasteiger partial charge in [-0.15, -0.1) is 22.7 Å². The number of aromatic nitrogens is 3. The van der Waals surface area contributed by atoms with Gasteiger partial charge in [0.25, 0.3) is 0 Å². The van der Waals surface area contributed by atoms with E-state index >= 15 is 0 Å². The van der Waals surface area contributed by atoms with Crippen molar-refractivity contribution in [2.75, 3.05) is 0 Å². The molecule has 3 aromatic heterocycles. The molecule has 0 saturated carbocycles. The normalized spacial score (nSPS) is 13.1. The largest absolute Gasteiger partial charge is 0.184 e. The Bertz CT molecular complexity index is 2150. The van der Waals surface area contributed by atoms with Crippen LogP contribution in [0.25, 0.3) is 53.5 Å². The molecule has 0 fully saturated rings. The Morgan fingerprint density at radius 2 is 0.967 bits per heavy atom. The van der Waals surface area contributed by atoms with Crippen molar-refractivity contribution >= 4 is 33.7 Å². The van der Waals surface area contributed by atoms with Crippen LogP contribution in [0.15, 0.2) is 84.2 Å². The molecule has 0 bridgehead atoms. The van der Waals surface area contributed by atoms with Crippen molar-refractivity contribution in [1.82, 2.24) is 15.0 Å². The smallest absolute Gasteiger partial charge is 0.122 e. The highest BCUT2D eigenvalue weighted by atomic mass is 32.1. The maximum absolute atomic E-state index is 5.23. The summed E-state index contributed by atoms with van der Waals surface area (Å²) in [5.41, 5.74) is 12.0. The van der Waals surface area contributed by atoms with E-state index in [-0.39, 0.29) is 5.41 Å². The minimum atomic E-state index is 0.0913. The molecule has 0 spiro atoms. The van der Waals surface area contributed by atoms with Crippen LogP contribution in [0.4, 0.5) is 0 Å². The maximum Gasteiger partial charge on any atom is 0.122 e. The van der Waals surface area contributed by atoms with E-state index in [1.54, 1.807) is 22.5 Å². The molecule has 3 heterocycles. The minimum absolute atomic E-state index is 0.0913. The molecular formula is C55H73N3S2. The molecule has 0 aliphatic heterocycles. The molecule has 5 heteroatoms. The summed E-state index contributed by atoms with van der Waals surface area (Å²) < 4.78 is 0. The quantitative estimate of drug-likeness (QED) is 0.0461. The van der Waals surface area contributed by atoms with Crippen LogP contribution in [0.5, 0.6) is 0 Å². The van der Waals surface area contributed by atoms with Crippen molar-refractivity contribution in [3.8, 4) is 42.4 Å².